The van der Waals surface area contributed by atoms with Crippen LogP contribution in [0.2, 0.25) is 0 Å². The molecule has 2 aliphatic carbocycles. The Kier molecular flexibility index (Phi) is 6.75. The van der Waals surface area contributed by atoms with Crippen LogP contribution < -0.4 is 0 Å². The Balaban J connectivity index is 1.95. The van der Waals surface area contributed by atoms with Crippen molar-refractivity contribution >= 4 is 6.01 Å². The second kappa shape index (κ2) is 8.59. The van der Waals surface area contributed by atoms with E-state index < -0.39 is 0 Å². The van der Waals surface area contributed by atoms with Gasteiger partial charge in [-0.3, -0.25) is 4.90 Å². The lowest BCUT2D eigenvalue weighted by atomic mass is 9.89. The smallest absolute Gasteiger partial charge is 0.0898 e. The van der Waals surface area contributed by atoms with Gasteiger partial charge in [0.1, 0.15) is 0 Å². The quantitative estimate of drug-likeness (QED) is 0.694. The Labute approximate surface area is 124 Å². The van der Waals surface area contributed by atoms with E-state index in [9.17, 15) is 0 Å². The molecule has 3 heteroatoms. The van der Waals surface area contributed by atoms with Crippen LogP contribution in [0.5, 0.6) is 0 Å². The zero-order chi connectivity index (χ0) is 14.2. The Morgan fingerprint density at radius 2 is 1.50 bits per heavy atom. The summed E-state index contributed by atoms with van der Waals surface area (Å²) in [7, 11) is 0. The van der Waals surface area contributed by atoms with Crippen molar-refractivity contribution in [2.45, 2.75) is 89.8 Å². The van der Waals surface area contributed by atoms with Crippen molar-refractivity contribution in [3.8, 4) is 0 Å². The van der Waals surface area contributed by atoms with Crippen LogP contribution in [-0.4, -0.2) is 42.1 Å². The molecule has 2 atom stereocenters. The molecule has 0 N–H and O–H groups in total. The summed E-state index contributed by atoms with van der Waals surface area (Å²) in [6, 6.07) is 4.63. The molecule has 0 spiro atoms. The first-order valence-electron chi connectivity index (χ1n) is 8.73. The van der Waals surface area contributed by atoms with E-state index in [4.69, 9.17) is 4.99 Å². The average molecular weight is 277 g/mol. The van der Waals surface area contributed by atoms with Crippen molar-refractivity contribution in [2.24, 2.45) is 9.98 Å². The van der Waals surface area contributed by atoms with Crippen LogP contribution in [0.15, 0.2) is 9.98 Å². The molecule has 0 aromatic carbocycles. The zero-order valence-corrected chi connectivity index (χ0v) is 13.4. The molecule has 114 valence electrons. The van der Waals surface area contributed by atoms with Crippen LogP contribution in [0, 0.1) is 0 Å². The Bertz CT molecular complexity index is 323. The highest BCUT2D eigenvalue weighted by Gasteiger charge is 2.28. The minimum atomic E-state index is 0.427. The molecule has 2 saturated carbocycles. The van der Waals surface area contributed by atoms with Crippen LogP contribution in [0.4, 0.5) is 0 Å². The standard InChI is InChI=1S/C17H31N3/c1-3-20(4-2)17-13-9-8-12-16(17)19-14-18-15-10-6-5-7-11-15/h15-17H,3-13H2,1-2H3. The van der Waals surface area contributed by atoms with Crippen molar-refractivity contribution in [2.75, 3.05) is 13.1 Å². The van der Waals surface area contributed by atoms with Gasteiger partial charge in [-0.1, -0.05) is 46.0 Å². The number of hydrogen-bond acceptors (Lipinski definition) is 3. The van der Waals surface area contributed by atoms with Gasteiger partial charge in [0.25, 0.3) is 0 Å². The maximum absolute atomic E-state index is 4.72. The molecule has 20 heavy (non-hydrogen) atoms. The van der Waals surface area contributed by atoms with Gasteiger partial charge in [-0.05, 0) is 38.8 Å². The average Bonchev–Trinajstić information content (AvgIpc) is 2.51. The summed E-state index contributed by atoms with van der Waals surface area (Å²) < 4.78 is 0. The van der Waals surface area contributed by atoms with Crippen molar-refractivity contribution in [1.29, 1.82) is 0 Å². The number of aliphatic imine (C=N–C) groups is 2. The Hall–Kier alpha value is -0.660. The Morgan fingerprint density at radius 1 is 0.850 bits per heavy atom. The molecule has 2 unspecified atom stereocenters. The highest BCUT2D eigenvalue weighted by atomic mass is 15.2. The first-order chi connectivity index (χ1) is 9.85. The predicted molar refractivity (Wildman–Crippen MR) is 85.7 cm³/mol. The van der Waals surface area contributed by atoms with Gasteiger partial charge in [0, 0.05) is 6.04 Å². The van der Waals surface area contributed by atoms with Gasteiger partial charge in [0.05, 0.1) is 18.1 Å². The minimum Gasteiger partial charge on any atom is -0.299 e. The third kappa shape index (κ3) is 4.43. The second-order valence-corrected chi connectivity index (χ2v) is 6.29. The summed E-state index contributed by atoms with van der Waals surface area (Å²) in [5.74, 6) is 0. The van der Waals surface area contributed by atoms with E-state index in [-0.39, 0.29) is 0 Å². The van der Waals surface area contributed by atoms with Crippen LogP contribution in [0.3, 0.4) is 0 Å². The summed E-state index contributed by atoms with van der Waals surface area (Å²) in [6.07, 6.45) is 11.7. The first kappa shape index (κ1) is 15.7. The third-order valence-corrected chi connectivity index (χ3v) is 5.01. The molecule has 2 aliphatic rings. The molecule has 0 amide bonds. The van der Waals surface area contributed by atoms with E-state index in [0.717, 1.165) is 13.1 Å². The molecule has 0 saturated heterocycles. The van der Waals surface area contributed by atoms with Crippen LogP contribution in [-0.2, 0) is 0 Å². The Morgan fingerprint density at radius 3 is 2.20 bits per heavy atom. The van der Waals surface area contributed by atoms with Crippen LogP contribution in [0.25, 0.3) is 0 Å². The van der Waals surface area contributed by atoms with Gasteiger partial charge < -0.3 is 0 Å². The summed E-state index contributed by atoms with van der Waals surface area (Å²) in [5, 5.41) is 0. The molecule has 3 nitrogen and oxygen atoms in total. The maximum Gasteiger partial charge on any atom is 0.0898 e. The first-order valence-corrected chi connectivity index (χ1v) is 8.73. The number of rotatable bonds is 5. The molecule has 0 aromatic rings. The van der Waals surface area contributed by atoms with Crippen LogP contribution >= 0.6 is 0 Å². The normalized spacial score (nSPS) is 28.1. The monoisotopic (exact) mass is 277 g/mol. The van der Waals surface area contributed by atoms with Gasteiger partial charge in [0.15, 0.2) is 0 Å². The van der Waals surface area contributed by atoms with Gasteiger partial charge in [-0.15, -0.1) is 0 Å². The van der Waals surface area contributed by atoms with Gasteiger partial charge in [-0.2, -0.15) is 0 Å². The highest BCUT2D eigenvalue weighted by molar-refractivity contribution is 5.42. The summed E-state index contributed by atoms with van der Waals surface area (Å²) in [4.78, 5) is 11.9. The van der Waals surface area contributed by atoms with E-state index in [1.807, 2.05) is 0 Å². The molecular weight excluding hydrogens is 246 g/mol. The van der Waals surface area contributed by atoms with Crippen molar-refractivity contribution in [1.82, 2.24) is 4.90 Å². The fraction of sp³-hybridized carbons (Fsp3) is 0.941. The van der Waals surface area contributed by atoms with Crippen molar-refractivity contribution < 1.29 is 0 Å². The molecule has 0 aliphatic heterocycles. The molecule has 0 heterocycles. The van der Waals surface area contributed by atoms with Gasteiger partial charge >= 0.3 is 0 Å². The summed E-state index contributed by atoms with van der Waals surface area (Å²) in [5.41, 5.74) is 0. The molecule has 0 bridgehead atoms. The number of nitrogens with zero attached hydrogens (tertiary/aromatic N) is 3. The lowest BCUT2D eigenvalue weighted by Gasteiger charge is -2.36. The molecule has 2 fully saturated rings. The predicted octanol–water partition coefficient (Wildman–Crippen LogP) is 4.15. The van der Waals surface area contributed by atoms with E-state index in [1.54, 1.807) is 0 Å². The zero-order valence-electron chi connectivity index (χ0n) is 13.4. The number of likely N-dealkylation sites (N-methyl/N-ethyl adjacent to an activating group) is 1. The van der Waals surface area contributed by atoms with E-state index in [2.05, 4.69) is 29.7 Å². The van der Waals surface area contributed by atoms with Gasteiger partial charge in [0.2, 0.25) is 0 Å². The van der Waals surface area contributed by atoms with Gasteiger partial charge in [-0.25, -0.2) is 9.98 Å². The van der Waals surface area contributed by atoms with E-state index in [1.165, 1.54) is 57.8 Å². The van der Waals surface area contributed by atoms with Crippen molar-refractivity contribution in [3.63, 3.8) is 0 Å². The molecular formula is C17H31N3. The fourth-order valence-corrected chi connectivity index (χ4v) is 3.76. The number of hydrogen-bond donors (Lipinski definition) is 0. The summed E-state index contributed by atoms with van der Waals surface area (Å²) in [6.45, 7) is 6.78. The fourth-order valence-electron chi connectivity index (χ4n) is 3.76. The summed E-state index contributed by atoms with van der Waals surface area (Å²) >= 11 is 0. The molecule has 0 radical (unpaired) electrons. The lowest BCUT2D eigenvalue weighted by Crippen LogP contribution is -2.44. The third-order valence-electron chi connectivity index (χ3n) is 5.01. The highest BCUT2D eigenvalue weighted by Crippen LogP contribution is 2.25. The van der Waals surface area contributed by atoms with Crippen molar-refractivity contribution in [3.05, 3.63) is 0 Å². The molecule has 0 aromatic heterocycles. The minimum absolute atomic E-state index is 0.427. The van der Waals surface area contributed by atoms with E-state index >= 15 is 0 Å². The SMILES string of the molecule is CCN(CC)C1CCCCC1N=C=NC1CCCCC1. The topological polar surface area (TPSA) is 28.0 Å². The van der Waals surface area contributed by atoms with E-state index in [0.29, 0.717) is 18.1 Å². The largest absolute Gasteiger partial charge is 0.299 e. The maximum atomic E-state index is 4.72. The second-order valence-electron chi connectivity index (χ2n) is 6.29. The molecule has 2 rings (SSSR count). The van der Waals surface area contributed by atoms with Crippen LogP contribution in [0.1, 0.15) is 71.6 Å². The lowest BCUT2D eigenvalue weighted by molar-refractivity contribution is 0.152.